The average Bonchev–Trinajstić information content (AvgIpc) is 2.43. The van der Waals surface area contributed by atoms with E-state index >= 15 is 0 Å². The fraction of sp³-hybridized carbons (Fsp3) is 0.917. The van der Waals surface area contributed by atoms with Gasteiger partial charge in [-0.3, -0.25) is 4.79 Å². The molecule has 1 amide bonds. The summed E-state index contributed by atoms with van der Waals surface area (Å²) in [6.45, 7) is 8.27. The second-order valence-corrected chi connectivity index (χ2v) is 4.77. The molecule has 1 aliphatic heterocycles. The molecule has 1 aliphatic rings. The zero-order valence-electron chi connectivity index (χ0n) is 9.75. The van der Waals surface area contributed by atoms with E-state index in [4.69, 9.17) is 0 Å². The molecule has 0 aliphatic carbocycles. The van der Waals surface area contributed by atoms with Crippen LogP contribution >= 0.6 is 0 Å². The first-order valence-electron chi connectivity index (χ1n) is 5.91. The van der Waals surface area contributed by atoms with Crippen LogP contribution in [0.3, 0.4) is 0 Å². The Kier molecular flexibility index (Phi) is 4.43. The van der Waals surface area contributed by atoms with Gasteiger partial charge in [-0.15, -0.1) is 0 Å². The van der Waals surface area contributed by atoms with Gasteiger partial charge in [-0.2, -0.15) is 0 Å². The lowest BCUT2D eigenvalue weighted by Gasteiger charge is -2.25. The Hall–Kier alpha value is -0.530. The minimum absolute atomic E-state index is 0.188. The maximum atomic E-state index is 12.0. The van der Waals surface area contributed by atoms with Gasteiger partial charge in [0.2, 0.25) is 5.91 Å². The molecule has 0 radical (unpaired) electrons. The van der Waals surface area contributed by atoms with Crippen molar-refractivity contribution in [2.24, 2.45) is 11.8 Å². The van der Waals surface area contributed by atoms with Crippen molar-refractivity contribution in [1.82, 2.24) is 4.90 Å². The van der Waals surface area contributed by atoms with Crippen LogP contribution in [0, 0.1) is 11.8 Å². The number of carbonyl (C=O) groups excluding carboxylic acids is 1. The van der Waals surface area contributed by atoms with E-state index in [0.717, 1.165) is 13.1 Å². The van der Waals surface area contributed by atoms with E-state index in [1.54, 1.807) is 0 Å². The van der Waals surface area contributed by atoms with E-state index in [1.807, 2.05) is 0 Å². The third kappa shape index (κ3) is 3.00. The smallest absolute Gasteiger partial charge is 0.225 e. The normalized spacial score (nSPS) is 20.7. The largest absolute Gasteiger partial charge is 0.342 e. The van der Waals surface area contributed by atoms with Crippen molar-refractivity contribution in [2.45, 2.75) is 46.5 Å². The summed E-state index contributed by atoms with van der Waals surface area (Å²) in [4.78, 5) is 14.1. The highest BCUT2D eigenvalue weighted by molar-refractivity contribution is 5.78. The molecule has 1 rings (SSSR count). The summed E-state index contributed by atoms with van der Waals surface area (Å²) in [6, 6.07) is 0. The molecule has 0 aromatic carbocycles. The third-order valence-corrected chi connectivity index (χ3v) is 3.31. The van der Waals surface area contributed by atoms with E-state index in [-0.39, 0.29) is 5.92 Å². The van der Waals surface area contributed by atoms with E-state index in [0.29, 0.717) is 11.8 Å². The van der Waals surface area contributed by atoms with Crippen LogP contribution in [0.5, 0.6) is 0 Å². The molecule has 1 fully saturated rings. The lowest BCUT2D eigenvalue weighted by molar-refractivity contribution is -0.136. The van der Waals surface area contributed by atoms with Crippen molar-refractivity contribution >= 4 is 5.91 Å². The lowest BCUT2D eigenvalue weighted by Crippen LogP contribution is -2.37. The Morgan fingerprint density at radius 3 is 1.93 bits per heavy atom. The molecule has 0 bridgehead atoms. The molecule has 0 N–H and O–H groups in total. The number of nitrogens with zero attached hydrogens (tertiary/aromatic N) is 1. The summed E-state index contributed by atoms with van der Waals surface area (Å²) in [7, 11) is 0. The minimum atomic E-state index is 0.188. The summed E-state index contributed by atoms with van der Waals surface area (Å²) in [5.41, 5.74) is 0. The summed E-state index contributed by atoms with van der Waals surface area (Å²) < 4.78 is 0. The summed E-state index contributed by atoms with van der Waals surface area (Å²) in [6.07, 6.45) is 4.97. The SMILES string of the molecule is CC(C)C(C)C(=O)N1CCCCCC1. The van der Waals surface area contributed by atoms with E-state index < -0.39 is 0 Å². The molecule has 2 nitrogen and oxygen atoms in total. The van der Waals surface area contributed by atoms with Gasteiger partial charge < -0.3 is 4.90 Å². The summed E-state index contributed by atoms with van der Waals surface area (Å²) in [5, 5.41) is 0. The highest BCUT2D eigenvalue weighted by atomic mass is 16.2. The fourth-order valence-corrected chi connectivity index (χ4v) is 1.86. The lowest BCUT2D eigenvalue weighted by atomic mass is 9.96. The zero-order valence-corrected chi connectivity index (χ0v) is 9.75. The first kappa shape index (κ1) is 11.5. The van der Waals surface area contributed by atoms with Crippen LogP contribution in [0.1, 0.15) is 46.5 Å². The van der Waals surface area contributed by atoms with Crippen LogP contribution in [-0.2, 0) is 4.79 Å². The number of amides is 1. The van der Waals surface area contributed by atoms with E-state index in [2.05, 4.69) is 25.7 Å². The second kappa shape index (κ2) is 5.38. The first-order valence-corrected chi connectivity index (χ1v) is 5.91. The van der Waals surface area contributed by atoms with Crippen molar-refractivity contribution in [3.8, 4) is 0 Å². The molecule has 1 unspecified atom stereocenters. The first-order chi connectivity index (χ1) is 6.63. The van der Waals surface area contributed by atoms with Gasteiger partial charge in [0.25, 0.3) is 0 Å². The maximum Gasteiger partial charge on any atom is 0.225 e. The van der Waals surface area contributed by atoms with Crippen LogP contribution in [0.25, 0.3) is 0 Å². The van der Waals surface area contributed by atoms with Gasteiger partial charge in [0, 0.05) is 19.0 Å². The predicted molar refractivity (Wildman–Crippen MR) is 59.1 cm³/mol. The molecular formula is C12H23NO. The van der Waals surface area contributed by atoms with Crippen molar-refractivity contribution in [3.63, 3.8) is 0 Å². The number of hydrogen-bond donors (Lipinski definition) is 0. The number of rotatable bonds is 2. The highest BCUT2D eigenvalue weighted by Gasteiger charge is 2.23. The number of carbonyl (C=O) groups is 1. The molecular weight excluding hydrogens is 174 g/mol. The van der Waals surface area contributed by atoms with Crippen molar-refractivity contribution in [2.75, 3.05) is 13.1 Å². The summed E-state index contributed by atoms with van der Waals surface area (Å²) >= 11 is 0. The van der Waals surface area contributed by atoms with Crippen LogP contribution in [0.2, 0.25) is 0 Å². The summed E-state index contributed by atoms with van der Waals surface area (Å²) in [5.74, 6) is 1.01. The van der Waals surface area contributed by atoms with E-state index in [9.17, 15) is 4.79 Å². The highest BCUT2D eigenvalue weighted by Crippen LogP contribution is 2.17. The van der Waals surface area contributed by atoms with Crippen molar-refractivity contribution in [3.05, 3.63) is 0 Å². The molecule has 1 saturated heterocycles. The Labute approximate surface area is 87.7 Å². The van der Waals surface area contributed by atoms with Gasteiger partial charge in [-0.05, 0) is 18.8 Å². The molecule has 0 aromatic rings. The monoisotopic (exact) mass is 197 g/mol. The Balaban J connectivity index is 2.49. The van der Waals surface area contributed by atoms with Crippen molar-refractivity contribution in [1.29, 1.82) is 0 Å². The maximum absolute atomic E-state index is 12.0. The fourth-order valence-electron chi connectivity index (χ4n) is 1.86. The molecule has 14 heavy (non-hydrogen) atoms. The van der Waals surface area contributed by atoms with Gasteiger partial charge in [-0.25, -0.2) is 0 Å². The molecule has 1 atom stereocenters. The molecule has 0 saturated carbocycles. The molecule has 2 heteroatoms. The minimum Gasteiger partial charge on any atom is -0.342 e. The topological polar surface area (TPSA) is 20.3 Å². The number of likely N-dealkylation sites (tertiary alicyclic amines) is 1. The molecule has 0 aromatic heterocycles. The quantitative estimate of drug-likeness (QED) is 0.666. The van der Waals surface area contributed by atoms with E-state index in [1.165, 1.54) is 25.7 Å². The van der Waals surface area contributed by atoms with Crippen molar-refractivity contribution < 1.29 is 4.79 Å². The van der Waals surface area contributed by atoms with Crippen LogP contribution in [0.15, 0.2) is 0 Å². The van der Waals surface area contributed by atoms with Gasteiger partial charge in [-0.1, -0.05) is 33.6 Å². The zero-order chi connectivity index (χ0) is 10.6. The van der Waals surface area contributed by atoms with Gasteiger partial charge >= 0.3 is 0 Å². The van der Waals surface area contributed by atoms with Gasteiger partial charge in [0.1, 0.15) is 0 Å². The van der Waals surface area contributed by atoms with Gasteiger partial charge in [0.05, 0.1) is 0 Å². The van der Waals surface area contributed by atoms with Gasteiger partial charge in [0.15, 0.2) is 0 Å². The van der Waals surface area contributed by atoms with Crippen LogP contribution in [0.4, 0.5) is 0 Å². The van der Waals surface area contributed by atoms with Crippen LogP contribution in [-0.4, -0.2) is 23.9 Å². The predicted octanol–water partition coefficient (Wildman–Crippen LogP) is 2.68. The second-order valence-electron chi connectivity index (χ2n) is 4.77. The molecule has 1 heterocycles. The standard InChI is InChI=1S/C12H23NO/c1-10(2)11(3)12(14)13-8-6-4-5-7-9-13/h10-11H,4-9H2,1-3H3. The molecule has 82 valence electrons. The molecule has 0 spiro atoms. The Morgan fingerprint density at radius 2 is 1.50 bits per heavy atom. The third-order valence-electron chi connectivity index (χ3n) is 3.31. The number of hydrogen-bond acceptors (Lipinski definition) is 1. The van der Waals surface area contributed by atoms with Crippen LogP contribution < -0.4 is 0 Å². The average molecular weight is 197 g/mol. The Bertz CT molecular complexity index is 181. The Morgan fingerprint density at radius 1 is 1.00 bits per heavy atom.